The molecule has 0 aliphatic carbocycles. The van der Waals surface area contributed by atoms with Gasteiger partial charge in [-0.2, -0.15) is 0 Å². The summed E-state index contributed by atoms with van der Waals surface area (Å²) in [5, 5.41) is 13.5. The Bertz CT molecular complexity index is 2530. The van der Waals surface area contributed by atoms with E-state index in [4.69, 9.17) is 51.1 Å². The minimum absolute atomic E-state index is 0.0646. The van der Waals surface area contributed by atoms with Crippen LogP contribution in [0.4, 0.5) is 22.9 Å². The lowest BCUT2D eigenvalue weighted by Crippen LogP contribution is -2.33. The number of H-pyrrole nitrogens is 1. The Kier molecular flexibility index (Phi) is 20.7. The Morgan fingerprint density at radius 1 is 0.735 bits per heavy atom. The number of para-hydroxylation sites is 1. The Labute approximate surface area is 428 Å². The lowest BCUT2D eigenvalue weighted by Gasteiger charge is -2.30. The van der Waals surface area contributed by atoms with Crippen molar-refractivity contribution in [2.75, 3.05) is 16.0 Å². The van der Waals surface area contributed by atoms with E-state index in [0.717, 1.165) is 43.0 Å². The van der Waals surface area contributed by atoms with E-state index in [2.05, 4.69) is 81.6 Å². The highest BCUT2D eigenvalue weighted by Crippen LogP contribution is 2.41. The first-order valence-electron chi connectivity index (χ1n) is 24.1. The number of ether oxygens (including phenoxy) is 1. The lowest BCUT2D eigenvalue weighted by atomic mass is 9.78. The Hall–Kier alpha value is -4.06. The molecule has 0 saturated carbocycles. The van der Waals surface area contributed by atoms with Gasteiger partial charge < -0.3 is 20.7 Å². The number of aromatic amines is 1. The minimum Gasteiger partial charge on any atom is -0.480 e. The summed E-state index contributed by atoms with van der Waals surface area (Å²) >= 11 is 27.5. The van der Waals surface area contributed by atoms with Gasteiger partial charge in [-0.25, -0.2) is 4.68 Å². The maximum Gasteiger partial charge on any atom is 0.287 e. The van der Waals surface area contributed by atoms with Gasteiger partial charge in [0.2, 0.25) is 5.91 Å². The molecule has 14 heteroatoms. The Balaban J connectivity index is 1.37. The van der Waals surface area contributed by atoms with E-state index >= 15 is 0 Å². The van der Waals surface area contributed by atoms with Crippen molar-refractivity contribution in [3.63, 3.8) is 0 Å². The number of aromatic nitrogens is 2. The summed E-state index contributed by atoms with van der Waals surface area (Å²) in [5.74, 6) is 0.507. The van der Waals surface area contributed by atoms with E-state index in [1.165, 1.54) is 73.7 Å². The third-order valence-electron chi connectivity index (χ3n) is 12.3. The maximum absolute atomic E-state index is 14.6. The van der Waals surface area contributed by atoms with Gasteiger partial charge in [0.1, 0.15) is 22.2 Å². The molecular weight excluding hydrogens is 957 g/mol. The molecular formula is C54H69Cl4N5O4S. The highest BCUT2D eigenvalue weighted by Gasteiger charge is 2.29. The van der Waals surface area contributed by atoms with Gasteiger partial charge in [0, 0.05) is 27.6 Å². The number of unbranched alkanes of at least 4 members (excludes halogenated alkanes) is 10. The van der Waals surface area contributed by atoms with Crippen molar-refractivity contribution >= 4 is 92.9 Å². The number of halogens is 4. The largest absolute Gasteiger partial charge is 0.480 e. The molecule has 0 spiro atoms. The van der Waals surface area contributed by atoms with E-state index < -0.39 is 11.7 Å². The first-order valence-corrected chi connectivity index (χ1v) is 26.4. The standard InChI is InChI=1S/C54H69Cl4N5O4S/c1-9-12-13-14-15-16-17-18-19-20-21-26-47(64)59-37-28-29-39(56)43(34-37)60-50-49(52(66)63(62-50)48-40(57)32-36(55)33-41(48)58)68-46-25-23-22-24-42(46)61-51(65)44(10-2)67-45-30-27-35(53(4,5)6)31-38(45)54(7,8)11-3/h22-25,27-34,44,60,62H,9-21,26H2,1-8H3,(H,59,64)(H,61,65). The summed E-state index contributed by atoms with van der Waals surface area (Å²) in [7, 11) is 0. The molecule has 5 rings (SSSR count). The van der Waals surface area contributed by atoms with Crippen molar-refractivity contribution in [3.05, 3.63) is 114 Å². The Morgan fingerprint density at radius 3 is 1.99 bits per heavy atom. The van der Waals surface area contributed by atoms with E-state index in [0.29, 0.717) is 50.6 Å². The van der Waals surface area contributed by atoms with E-state index in [-0.39, 0.29) is 49.1 Å². The quantitative estimate of drug-likeness (QED) is 0.0433. The number of anilines is 4. The number of nitrogens with one attached hydrogen (secondary N) is 4. The van der Waals surface area contributed by atoms with Crippen molar-refractivity contribution < 1.29 is 14.3 Å². The molecule has 68 heavy (non-hydrogen) atoms. The highest BCUT2D eigenvalue weighted by molar-refractivity contribution is 7.99. The van der Waals surface area contributed by atoms with Gasteiger partial charge in [-0.3, -0.25) is 19.5 Å². The first-order chi connectivity index (χ1) is 32.4. The monoisotopic (exact) mass is 1020 g/mol. The number of rotatable bonds is 25. The number of nitrogens with zero attached hydrogens (tertiary/aromatic N) is 1. The summed E-state index contributed by atoms with van der Waals surface area (Å²) in [6.45, 7) is 17.2. The summed E-state index contributed by atoms with van der Waals surface area (Å²) in [4.78, 5) is 42.6. The molecule has 1 unspecified atom stereocenters. The van der Waals surface area contributed by atoms with Gasteiger partial charge in [-0.15, -0.1) is 0 Å². The second kappa shape index (κ2) is 25.7. The molecule has 4 aromatic carbocycles. The number of carbonyl (C=O) groups is 2. The molecule has 0 aliphatic rings. The van der Waals surface area contributed by atoms with Crippen LogP contribution in [-0.4, -0.2) is 27.7 Å². The molecule has 1 atom stereocenters. The maximum atomic E-state index is 14.6. The second-order valence-electron chi connectivity index (χ2n) is 19.1. The number of carbonyl (C=O) groups excluding carboxylic acids is 2. The van der Waals surface area contributed by atoms with Crippen LogP contribution in [0.25, 0.3) is 5.69 Å². The lowest BCUT2D eigenvalue weighted by molar-refractivity contribution is -0.123. The van der Waals surface area contributed by atoms with Crippen molar-refractivity contribution in [2.24, 2.45) is 0 Å². The molecule has 368 valence electrons. The first kappa shape index (κ1) is 54.9. The SMILES string of the molecule is CCCCCCCCCCCCCC(=O)Nc1ccc(Cl)c(Nc2[nH]n(-c3c(Cl)cc(Cl)cc3Cl)c(=O)c2Sc2ccccc2NC(=O)C(CC)Oc2ccc(C(C)(C)C)cc2C(C)(C)CC)c1. The molecule has 0 radical (unpaired) electrons. The van der Waals surface area contributed by atoms with Gasteiger partial charge in [0.15, 0.2) is 6.10 Å². The van der Waals surface area contributed by atoms with Gasteiger partial charge >= 0.3 is 0 Å². The van der Waals surface area contributed by atoms with Crippen molar-refractivity contribution in [3.8, 4) is 11.4 Å². The van der Waals surface area contributed by atoms with Crippen LogP contribution in [0, 0.1) is 0 Å². The van der Waals surface area contributed by atoms with E-state index in [1.54, 1.807) is 24.3 Å². The summed E-state index contributed by atoms with van der Waals surface area (Å²) in [6.07, 6.45) is 14.1. The van der Waals surface area contributed by atoms with E-state index in [9.17, 15) is 14.4 Å². The fraction of sp³-hybridized carbons (Fsp3) is 0.463. The average Bonchev–Trinajstić information content (AvgIpc) is 3.58. The van der Waals surface area contributed by atoms with Gasteiger partial charge in [-0.05, 0) is 84.2 Å². The van der Waals surface area contributed by atoms with Crippen LogP contribution in [0.5, 0.6) is 5.75 Å². The van der Waals surface area contributed by atoms with Gasteiger partial charge in [-0.1, -0.05) is 202 Å². The van der Waals surface area contributed by atoms with Crippen LogP contribution < -0.4 is 26.2 Å². The normalized spacial score (nSPS) is 12.2. The fourth-order valence-corrected chi connectivity index (χ4v) is 9.91. The van der Waals surface area contributed by atoms with Crippen LogP contribution in [0.3, 0.4) is 0 Å². The predicted octanol–water partition coefficient (Wildman–Crippen LogP) is 17.1. The van der Waals surface area contributed by atoms with Crippen molar-refractivity contribution in [1.29, 1.82) is 0 Å². The molecule has 0 fully saturated rings. The zero-order valence-electron chi connectivity index (χ0n) is 40.9. The van der Waals surface area contributed by atoms with Crippen LogP contribution in [-0.2, 0) is 20.4 Å². The second-order valence-corrected chi connectivity index (χ2v) is 21.8. The third-order valence-corrected chi connectivity index (χ3v) is 14.6. The van der Waals surface area contributed by atoms with Crippen LogP contribution in [0.2, 0.25) is 20.1 Å². The number of hydrogen-bond donors (Lipinski definition) is 4. The fourth-order valence-electron chi connectivity index (χ4n) is 7.79. The third kappa shape index (κ3) is 15.2. The van der Waals surface area contributed by atoms with Crippen LogP contribution in [0.1, 0.15) is 156 Å². The smallest absolute Gasteiger partial charge is 0.287 e. The molecule has 0 saturated heterocycles. The van der Waals surface area contributed by atoms with Crippen molar-refractivity contribution in [2.45, 2.75) is 172 Å². The number of hydrogen-bond acceptors (Lipinski definition) is 6. The number of amides is 2. The zero-order chi connectivity index (χ0) is 49.6. The molecule has 0 bridgehead atoms. The summed E-state index contributed by atoms with van der Waals surface area (Å²) in [5.41, 5.74) is 3.12. The predicted molar refractivity (Wildman–Crippen MR) is 288 cm³/mol. The van der Waals surface area contributed by atoms with Crippen LogP contribution in [0.15, 0.2) is 87.4 Å². The molecule has 5 aromatic rings. The molecule has 0 aliphatic heterocycles. The molecule has 4 N–H and O–H groups in total. The van der Waals surface area contributed by atoms with Gasteiger partial charge in [0.05, 0.1) is 26.4 Å². The average molecular weight is 1030 g/mol. The summed E-state index contributed by atoms with van der Waals surface area (Å²) in [6, 6.07) is 21.6. The zero-order valence-corrected chi connectivity index (χ0v) is 44.7. The summed E-state index contributed by atoms with van der Waals surface area (Å²) < 4.78 is 7.80. The molecule has 1 aromatic heterocycles. The highest BCUT2D eigenvalue weighted by atomic mass is 35.5. The molecule has 9 nitrogen and oxygen atoms in total. The Morgan fingerprint density at radius 2 is 1.37 bits per heavy atom. The molecule has 1 heterocycles. The number of benzene rings is 4. The van der Waals surface area contributed by atoms with E-state index in [1.807, 2.05) is 31.2 Å². The minimum atomic E-state index is -0.814. The van der Waals surface area contributed by atoms with Crippen LogP contribution >= 0.6 is 58.2 Å². The van der Waals surface area contributed by atoms with Crippen molar-refractivity contribution in [1.82, 2.24) is 9.78 Å². The van der Waals surface area contributed by atoms with Gasteiger partial charge in [0.25, 0.3) is 11.5 Å². The molecule has 2 amide bonds. The topological polar surface area (TPSA) is 117 Å².